The molecular formula is C19H17N3O4S. The third-order valence-electron chi connectivity index (χ3n) is 3.80. The zero-order valence-corrected chi connectivity index (χ0v) is 15.3. The van der Waals surface area contributed by atoms with Gasteiger partial charge in [0, 0.05) is 11.8 Å². The summed E-state index contributed by atoms with van der Waals surface area (Å²) >= 11 is 0. The van der Waals surface area contributed by atoms with Crippen molar-refractivity contribution in [1.29, 1.82) is 0 Å². The minimum atomic E-state index is -3.89. The number of sulfone groups is 1. The third-order valence-corrected chi connectivity index (χ3v) is 5.46. The molecule has 8 heteroatoms. The topological polar surface area (TPSA) is 98.1 Å². The van der Waals surface area contributed by atoms with Gasteiger partial charge in [-0.15, -0.1) is 0 Å². The maximum Gasteiger partial charge on any atom is 0.267 e. The Balaban J connectivity index is 1.87. The summed E-state index contributed by atoms with van der Waals surface area (Å²) in [5, 5.41) is 6.21. The van der Waals surface area contributed by atoms with Gasteiger partial charge in [-0.3, -0.25) is 9.59 Å². The molecule has 138 valence electrons. The van der Waals surface area contributed by atoms with Crippen LogP contribution in [0.1, 0.15) is 5.56 Å². The van der Waals surface area contributed by atoms with Crippen molar-refractivity contribution in [2.45, 2.75) is 23.4 Å². The summed E-state index contributed by atoms with van der Waals surface area (Å²) in [6.45, 7) is 1.45. The summed E-state index contributed by atoms with van der Waals surface area (Å²) in [5.41, 5.74) is 0.921. The average Bonchev–Trinajstić information content (AvgIpc) is 2.64. The number of hydrogen-bond acceptors (Lipinski definition) is 5. The van der Waals surface area contributed by atoms with Crippen LogP contribution < -0.4 is 10.9 Å². The lowest BCUT2D eigenvalue weighted by atomic mass is 10.2. The molecule has 7 nitrogen and oxygen atoms in total. The molecule has 27 heavy (non-hydrogen) atoms. The molecule has 3 rings (SSSR count). The molecule has 0 aliphatic rings. The van der Waals surface area contributed by atoms with Gasteiger partial charge in [0.2, 0.25) is 15.7 Å². The van der Waals surface area contributed by atoms with E-state index in [2.05, 4.69) is 10.4 Å². The summed E-state index contributed by atoms with van der Waals surface area (Å²) in [7, 11) is -3.89. The van der Waals surface area contributed by atoms with E-state index in [1.807, 2.05) is 6.92 Å². The molecule has 0 saturated carbocycles. The Kier molecular flexibility index (Phi) is 5.18. The van der Waals surface area contributed by atoms with Gasteiger partial charge in [-0.05, 0) is 37.3 Å². The van der Waals surface area contributed by atoms with E-state index in [-0.39, 0.29) is 9.92 Å². The molecule has 0 atom stereocenters. The molecule has 0 unspecified atom stereocenters. The summed E-state index contributed by atoms with van der Waals surface area (Å²) in [4.78, 5) is 24.2. The number of amides is 1. The van der Waals surface area contributed by atoms with Crippen molar-refractivity contribution in [2.75, 3.05) is 5.32 Å². The van der Waals surface area contributed by atoms with E-state index in [4.69, 9.17) is 0 Å². The quantitative estimate of drug-likeness (QED) is 0.727. The van der Waals surface area contributed by atoms with Crippen molar-refractivity contribution in [1.82, 2.24) is 9.78 Å². The summed E-state index contributed by atoms with van der Waals surface area (Å²) < 4.78 is 26.2. The standard InChI is InChI=1S/C19H17N3O4S/c1-14-7-9-16(10-8-14)27(25,26)18-11-12-19(24)22(21-18)13-17(23)20-15-5-3-2-4-6-15/h2-12H,13H2,1H3,(H,20,23). The number of nitrogens with zero attached hydrogens (tertiary/aromatic N) is 2. The smallest absolute Gasteiger partial charge is 0.267 e. The maximum atomic E-state index is 12.7. The van der Waals surface area contributed by atoms with Crippen LogP contribution in [0.4, 0.5) is 5.69 Å². The van der Waals surface area contributed by atoms with Crippen LogP contribution in [0, 0.1) is 6.92 Å². The van der Waals surface area contributed by atoms with Gasteiger partial charge < -0.3 is 5.32 Å². The zero-order chi connectivity index (χ0) is 19.4. The van der Waals surface area contributed by atoms with Gasteiger partial charge in [0.1, 0.15) is 6.54 Å². The predicted octanol–water partition coefficient (Wildman–Crippen LogP) is 2.02. The van der Waals surface area contributed by atoms with Crippen molar-refractivity contribution < 1.29 is 13.2 Å². The Morgan fingerprint density at radius 1 is 1.00 bits per heavy atom. The number of carbonyl (C=O) groups is 1. The maximum absolute atomic E-state index is 12.7. The first kappa shape index (κ1) is 18.5. The fourth-order valence-electron chi connectivity index (χ4n) is 2.38. The fraction of sp³-hybridized carbons (Fsp3) is 0.105. The molecule has 2 aromatic carbocycles. The van der Waals surface area contributed by atoms with Crippen LogP contribution in [0.5, 0.6) is 0 Å². The lowest BCUT2D eigenvalue weighted by molar-refractivity contribution is -0.117. The average molecular weight is 383 g/mol. The first-order valence-electron chi connectivity index (χ1n) is 8.11. The molecule has 0 saturated heterocycles. The number of nitrogens with one attached hydrogen (secondary N) is 1. The van der Waals surface area contributed by atoms with E-state index in [1.54, 1.807) is 42.5 Å². The number of benzene rings is 2. The van der Waals surface area contributed by atoms with Crippen LogP contribution >= 0.6 is 0 Å². The van der Waals surface area contributed by atoms with E-state index < -0.39 is 27.8 Å². The highest BCUT2D eigenvalue weighted by atomic mass is 32.2. The molecule has 0 radical (unpaired) electrons. The largest absolute Gasteiger partial charge is 0.324 e. The molecule has 0 fully saturated rings. The van der Waals surface area contributed by atoms with Crippen LogP contribution in [0.2, 0.25) is 0 Å². The molecule has 1 aromatic heterocycles. The van der Waals surface area contributed by atoms with Gasteiger partial charge in [0.15, 0.2) is 5.03 Å². The van der Waals surface area contributed by atoms with Crippen LogP contribution in [-0.2, 0) is 21.2 Å². The number of hydrogen-bond donors (Lipinski definition) is 1. The second-order valence-corrected chi connectivity index (χ2v) is 7.79. The van der Waals surface area contributed by atoms with Crippen molar-refractivity contribution in [3.05, 3.63) is 82.6 Å². The highest BCUT2D eigenvalue weighted by molar-refractivity contribution is 7.91. The Labute approximate surface area is 156 Å². The van der Waals surface area contributed by atoms with Crippen molar-refractivity contribution in [3.8, 4) is 0 Å². The van der Waals surface area contributed by atoms with Gasteiger partial charge >= 0.3 is 0 Å². The fourth-order valence-corrected chi connectivity index (χ4v) is 3.57. The predicted molar refractivity (Wildman–Crippen MR) is 100 cm³/mol. The Bertz CT molecular complexity index is 1120. The lowest BCUT2D eigenvalue weighted by Crippen LogP contribution is -2.30. The van der Waals surface area contributed by atoms with Gasteiger partial charge in [-0.2, -0.15) is 5.10 Å². The minimum absolute atomic E-state index is 0.0690. The molecule has 0 spiro atoms. The number of para-hydroxylation sites is 1. The van der Waals surface area contributed by atoms with E-state index in [0.29, 0.717) is 5.69 Å². The van der Waals surface area contributed by atoms with Gasteiger partial charge in [-0.25, -0.2) is 13.1 Å². The molecule has 3 aromatic rings. The Morgan fingerprint density at radius 3 is 2.33 bits per heavy atom. The molecule has 1 heterocycles. The van der Waals surface area contributed by atoms with Crippen molar-refractivity contribution in [3.63, 3.8) is 0 Å². The van der Waals surface area contributed by atoms with Crippen LogP contribution in [0.25, 0.3) is 0 Å². The first-order chi connectivity index (χ1) is 12.9. The molecule has 1 amide bonds. The van der Waals surface area contributed by atoms with Crippen LogP contribution in [0.3, 0.4) is 0 Å². The van der Waals surface area contributed by atoms with Crippen molar-refractivity contribution >= 4 is 21.4 Å². The second kappa shape index (κ2) is 7.55. The summed E-state index contributed by atoms with van der Waals surface area (Å²) in [6.07, 6.45) is 0. The summed E-state index contributed by atoms with van der Waals surface area (Å²) in [6, 6.07) is 17.3. The molecule has 1 N–H and O–H groups in total. The van der Waals surface area contributed by atoms with Gasteiger partial charge in [-0.1, -0.05) is 35.9 Å². The number of aromatic nitrogens is 2. The van der Waals surface area contributed by atoms with E-state index in [9.17, 15) is 18.0 Å². The van der Waals surface area contributed by atoms with E-state index in [0.717, 1.165) is 22.4 Å². The van der Waals surface area contributed by atoms with E-state index in [1.165, 1.54) is 12.1 Å². The second-order valence-electron chi connectivity index (χ2n) is 5.90. The Morgan fingerprint density at radius 2 is 1.67 bits per heavy atom. The highest BCUT2D eigenvalue weighted by Crippen LogP contribution is 2.18. The highest BCUT2D eigenvalue weighted by Gasteiger charge is 2.21. The molecule has 0 bridgehead atoms. The number of carbonyl (C=O) groups excluding carboxylic acids is 1. The monoisotopic (exact) mass is 383 g/mol. The number of aryl methyl sites for hydroxylation is 1. The number of rotatable bonds is 5. The van der Waals surface area contributed by atoms with Gasteiger partial charge in [0.05, 0.1) is 4.90 Å². The zero-order valence-electron chi connectivity index (χ0n) is 14.5. The van der Waals surface area contributed by atoms with Crippen LogP contribution in [-0.4, -0.2) is 24.1 Å². The SMILES string of the molecule is Cc1ccc(S(=O)(=O)c2ccc(=O)n(CC(=O)Nc3ccccc3)n2)cc1. The van der Waals surface area contributed by atoms with Crippen molar-refractivity contribution in [2.24, 2.45) is 0 Å². The lowest BCUT2D eigenvalue weighted by Gasteiger charge is -2.09. The summed E-state index contributed by atoms with van der Waals surface area (Å²) in [5.74, 6) is -0.485. The van der Waals surface area contributed by atoms with Gasteiger partial charge in [0.25, 0.3) is 5.56 Å². The third kappa shape index (κ3) is 4.29. The molecule has 0 aliphatic carbocycles. The number of anilines is 1. The van der Waals surface area contributed by atoms with Crippen LogP contribution in [0.15, 0.2) is 81.4 Å². The molecule has 0 aliphatic heterocycles. The normalized spacial score (nSPS) is 11.1. The Hall–Kier alpha value is -3.26. The molecular weight excluding hydrogens is 366 g/mol. The minimum Gasteiger partial charge on any atom is -0.324 e. The van der Waals surface area contributed by atoms with E-state index >= 15 is 0 Å². The first-order valence-corrected chi connectivity index (χ1v) is 9.59.